The Balaban J connectivity index is 2.33. The largest absolute Gasteiger partial charge is 0.497 e. The fraction of sp³-hybridized carbons (Fsp3) is 0.417. The molecule has 29 heavy (non-hydrogen) atoms. The van der Waals surface area contributed by atoms with E-state index in [9.17, 15) is 9.59 Å². The second-order valence-electron chi connectivity index (χ2n) is 7.36. The highest BCUT2D eigenvalue weighted by atomic mass is 16.5. The molecule has 2 rings (SSSR count). The summed E-state index contributed by atoms with van der Waals surface area (Å²) < 4.78 is 5.22. The molecule has 0 fully saturated rings. The summed E-state index contributed by atoms with van der Waals surface area (Å²) in [5.41, 5.74) is 1.69. The van der Waals surface area contributed by atoms with Gasteiger partial charge >= 0.3 is 0 Å². The van der Waals surface area contributed by atoms with Gasteiger partial charge in [0.15, 0.2) is 0 Å². The van der Waals surface area contributed by atoms with Crippen molar-refractivity contribution in [1.82, 2.24) is 10.2 Å². The summed E-state index contributed by atoms with van der Waals surface area (Å²) >= 11 is 0. The molecule has 1 N–H and O–H groups in total. The zero-order valence-electron chi connectivity index (χ0n) is 18.0. The van der Waals surface area contributed by atoms with Gasteiger partial charge in [0.05, 0.1) is 13.0 Å². The molecule has 0 aliphatic carbocycles. The van der Waals surface area contributed by atoms with Gasteiger partial charge in [-0.3, -0.25) is 9.59 Å². The number of ether oxygens (including phenoxy) is 1. The Morgan fingerprint density at radius 2 is 1.52 bits per heavy atom. The van der Waals surface area contributed by atoms with E-state index < -0.39 is 6.04 Å². The SMILES string of the molecule is CCN(CC)C(=O)[C@@H](NC(=O)C(c1ccc(OC)cc1)C(C)C)c1ccccc1. The smallest absolute Gasteiger partial charge is 0.249 e. The molecule has 0 aromatic heterocycles. The van der Waals surface area contributed by atoms with Gasteiger partial charge in [-0.25, -0.2) is 0 Å². The van der Waals surface area contributed by atoms with E-state index in [0.29, 0.717) is 13.1 Å². The maximum atomic E-state index is 13.3. The zero-order valence-corrected chi connectivity index (χ0v) is 18.0. The molecule has 2 aromatic carbocycles. The Morgan fingerprint density at radius 1 is 0.931 bits per heavy atom. The lowest BCUT2D eigenvalue weighted by atomic mass is 9.87. The Kier molecular flexibility index (Phi) is 8.25. The highest BCUT2D eigenvalue weighted by Gasteiger charge is 2.31. The minimum Gasteiger partial charge on any atom is -0.497 e. The molecular formula is C24H32N2O3. The number of carbonyl (C=O) groups excluding carboxylic acids is 2. The average molecular weight is 397 g/mol. The number of rotatable bonds is 9. The lowest BCUT2D eigenvalue weighted by molar-refractivity contribution is -0.137. The number of nitrogens with zero attached hydrogens (tertiary/aromatic N) is 1. The first-order valence-corrected chi connectivity index (χ1v) is 10.2. The fourth-order valence-corrected chi connectivity index (χ4v) is 3.53. The van der Waals surface area contributed by atoms with Crippen LogP contribution in [0.1, 0.15) is 50.8 Å². The third-order valence-electron chi connectivity index (χ3n) is 5.17. The zero-order chi connectivity index (χ0) is 21.4. The van der Waals surface area contributed by atoms with Crippen LogP contribution in [-0.2, 0) is 9.59 Å². The van der Waals surface area contributed by atoms with Gasteiger partial charge in [-0.05, 0) is 43.0 Å². The third-order valence-corrected chi connectivity index (χ3v) is 5.17. The molecule has 0 aliphatic rings. The molecule has 5 nitrogen and oxygen atoms in total. The maximum absolute atomic E-state index is 13.3. The van der Waals surface area contributed by atoms with Crippen LogP contribution in [0, 0.1) is 5.92 Å². The number of hydrogen-bond acceptors (Lipinski definition) is 3. The van der Waals surface area contributed by atoms with Gasteiger partial charge in [0.1, 0.15) is 11.8 Å². The molecule has 2 aromatic rings. The topological polar surface area (TPSA) is 58.6 Å². The van der Waals surface area contributed by atoms with Crippen LogP contribution in [0.15, 0.2) is 54.6 Å². The molecule has 0 saturated heterocycles. The number of amides is 2. The molecule has 1 unspecified atom stereocenters. The van der Waals surface area contributed by atoms with Crippen molar-refractivity contribution in [2.45, 2.75) is 39.7 Å². The van der Waals surface area contributed by atoms with E-state index in [1.807, 2.05) is 82.3 Å². The molecule has 0 spiro atoms. The summed E-state index contributed by atoms with van der Waals surface area (Å²) in [4.78, 5) is 28.2. The Morgan fingerprint density at radius 3 is 2.00 bits per heavy atom. The highest BCUT2D eigenvalue weighted by Crippen LogP contribution is 2.28. The number of methoxy groups -OCH3 is 1. The monoisotopic (exact) mass is 396 g/mol. The Labute approximate surface area is 174 Å². The molecule has 156 valence electrons. The summed E-state index contributed by atoms with van der Waals surface area (Å²) in [5.74, 6) is 0.210. The Hall–Kier alpha value is -2.82. The first kappa shape index (κ1) is 22.5. The highest BCUT2D eigenvalue weighted by molar-refractivity contribution is 5.91. The summed E-state index contributed by atoms with van der Waals surface area (Å²) in [6, 6.07) is 16.2. The van der Waals surface area contributed by atoms with Crippen LogP contribution < -0.4 is 10.1 Å². The van der Waals surface area contributed by atoms with Gasteiger partial charge in [-0.2, -0.15) is 0 Å². The summed E-state index contributed by atoms with van der Waals surface area (Å²) in [7, 11) is 1.62. The number of benzene rings is 2. The number of nitrogens with one attached hydrogen (secondary N) is 1. The van der Waals surface area contributed by atoms with Gasteiger partial charge in [0, 0.05) is 13.1 Å². The van der Waals surface area contributed by atoms with Crippen molar-refractivity contribution < 1.29 is 14.3 Å². The predicted molar refractivity (Wildman–Crippen MR) is 116 cm³/mol. The molecule has 0 heterocycles. The van der Waals surface area contributed by atoms with E-state index in [1.165, 1.54) is 0 Å². The minimum absolute atomic E-state index is 0.0726. The van der Waals surface area contributed by atoms with Gasteiger partial charge < -0.3 is 15.0 Å². The normalized spacial score (nSPS) is 12.9. The fourth-order valence-electron chi connectivity index (χ4n) is 3.53. The van der Waals surface area contributed by atoms with Crippen LogP contribution in [0.25, 0.3) is 0 Å². The van der Waals surface area contributed by atoms with Crippen molar-refractivity contribution >= 4 is 11.8 Å². The lowest BCUT2D eigenvalue weighted by Crippen LogP contribution is -2.44. The van der Waals surface area contributed by atoms with Gasteiger partial charge in [0.2, 0.25) is 11.8 Å². The molecule has 0 saturated carbocycles. The van der Waals surface area contributed by atoms with E-state index in [0.717, 1.165) is 16.9 Å². The van der Waals surface area contributed by atoms with Crippen LogP contribution >= 0.6 is 0 Å². The quantitative estimate of drug-likeness (QED) is 0.692. The minimum atomic E-state index is -0.705. The van der Waals surface area contributed by atoms with Crippen molar-refractivity contribution in [2.75, 3.05) is 20.2 Å². The third kappa shape index (κ3) is 5.59. The molecule has 0 radical (unpaired) electrons. The lowest BCUT2D eigenvalue weighted by Gasteiger charge is -2.29. The van der Waals surface area contributed by atoms with Gasteiger partial charge in [-0.1, -0.05) is 56.3 Å². The number of hydrogen-bond donors (Lipinski definition) is 1. The van der Waals surface area contributed by atoms with Crippen molar-refractivity contribution in [3.8, 4) is 5.75 Å². The first-order chi connectivity index (χ1) is 13.9. The van der Waals surface area contributed by atoms with Gasteiger partial charge in [-0.15, -0.1) is 0 Å². The van der Waals surface area contributed by atoms with E-state index >= 15 is 0 Å². The van der Waals surface area contributed by atoms with Crippen LogP contribution in [0.5, 0.6) is 5.75 Å². The van der Waals surface area contributed by atoms with Crippen LogP contribution in [0.4, 0.5) is 0 Å². The molecule has 0 bridgehead atoms. The summed E-state index contributed by atoms with van der Waals surface area (Å²) in [5, 5.41) is 3.03. The molecule has 0 aliphatic heterocycles. The number of likely N-dealkylation sites (N-methyl/N-ethyl adjacent to an activating group) is 1. The van der Waals surface area contributed by atoms with Gasteiger partial charge in [0.25, 0.3) is 0 Å². The van der Waals surface area contributed by atoms with E-state index in [2.05, 4.69) is 5.32 Å². The van der Waals surface area contributed by atoms with E-state index in [1.54, 1.807) is 12.0 Å². The summed E-state index contributed by atoms with van der Waals surface area (Å²) in [6.07, 6.45) is 0. The number of carbonyl (C=O) groups is 2. The predicted octanol–water partition coefficient (Wildman–Crippen LogP) is 4.16. The summed E-state index contributed by atoms with van der Waals surface area (Å²) in [6.45, 7) is 9.11. The first-order valence-electron chi connectivity index (χ1n) is 10.2. The van der Waals surface area contributed by atoms with Crippen LogP contribution in [0.3, 0.4) is 0 Å². The average Bonchev–Trinajstić information content (AvgIpc) is 2.73. The maximum Gasteiger partial charge on any atom is 0.249 e. The van der Waals surface area contributed by atoms with Crippen LogP contribution in [-0.4, -0.2) is 36.9 Å². The second-order valence-corrected chi connectivity index (χ2v) is 7.36. The van der Waals surface area contributed by atoms with E-state index in [-0.39, 0.29) is 23.7 Å². The second kappa shape index (κ2) is 10.6. The van der Waals surface area contributed by atoms with E-state index in [4.69, 9.17) is 4.74 Å². The van der Waals surface area contributed by atoms with Crippen molar-refractivity contribution in [1.29, 1.82) is 0 Å². The molecule has 2 atom stereocenters. The van der Waals surface area contributed by atoms with Crippen LogP contribution in [0.2, 0.25) is 0 Å². The standard InChI is InChI=1S/C24H32N2O3/c1-6-26(7-2)24(28)22(19-11-9-8-10-12-19)25-23(27)21(17(3)4)18-13-15-20(29-5)16-14-18/h8-17,21-22H,6-7H2,1-5H3,(H,25,27)/t21?,22-/m0/s1. The Bertz CT molecular complexity index is 784. The van der Waals surface area contributed by atoms with Crippen molar-refractivity contribution in [3.05, 3.63) is 65.7 Å². The van der Waals surface area contributed by atoms with Crippen molar-refractivity contribution in [2.24, 2.45) is 5.92 Å². The molecular weight excluding hydrogens is 364 g/mol. The molecule has 2 amide bonds. The molecule has 5 heteroatoms. The van der Waals surface area contributed by atoms with Crippen molar-refractivity contribution in [3.63, 3.8) is 0 Å².